The number of carbonyl (C=O) groups is 1. The van der Waals surface area contributed by atoms with E-state index < -0.39 is 248 Å². The van der Waals surface area contributed by atoms with Crippen LogP contribution in [0.5, 0.6) is 0 Å². The van der Waals surface area contributed by atoms with E-state index in [0.717, 1.165) is 49.0 Å². The SMILES string of the molecule is CCSCCN=C(N)CCCCCCC(N)=NCCSCC1O[C@@H]2O[C@@H]3C(CO)O[C@@H](O[C@@H]4C(CO)O[C@@H](O[C@@H]5C(CSCCNC(=O)Cc6cnc[nH]6)O[C@@H](O[C@@H]6C(CO)O[C@H](O[C@@H]7C(CO)O[C@H](O[C@@H]8C(CO)O[C@H](O[C@H]1[C@H](O)C2O)C(O)[C@H]8O)C(O)[C@H]7O)C(O)[C@H]6O)C(O)[C@H]5O)C(O)[C@H]4O)C(O)[C@H]3O. The molecule has 0 radical (unpaired) electrons. The van der Waals surface area contributed by atoms with Gasteiger partial charge in [-0.15, -0.1) is 0 Å². The average molecular weight is 1600 g/mol. The number of nitrogens with two attached hydrogens (primary N) is 2. The van der Waals surface area contributed by atoms with E-state index in [2.05, 4.69) is 32.2 Å². The number of rotatable bonds is 28. The van der Waals surface area contributed by atoms with Crippen LogP contribution in [0.4, 0.5) is 0 Å². The summed E-state index contributed by atoms with van der Waals surface area (Å²) in [6.07, 6.45) is -61.9. The van der Waals surface area contributed by atoms with Crippen LogP contribution in [-0.2, 0) is 77.5 Å². The van der Waals surface area contributed by atoms with Gasteiger partial charge >= 0.3 is 0 Å². The van der Waals surface area contributed by atoms with Gasteiger partial charge in [-0.1, -0.05) is 19.8 Å². The molecule has 1 aromatic rings. The Morgan fingerprint density at radius 2 is 0.692 bits per heavy atom. The highest BCUT2D eigenvalue weighted by molar-refractivity contribution is 7.99. The predicted molar refractivity (Wildman–Crippen MR) is 368 cm³/mol. The second-order valence-corrected chi connectivity index (χ2v) is 30.6. The van der Waals surface area contributed by atoms with Crippen LogP contribution in [0.1, 0.15) is 51.1 Å². The monoisotopic (exact) mass is 1600 g/mol. The van der Waals surface area contributed by atoms with E-state index in [1.165, 1.54) is 24.3 Å². The van der Waals surface area contributed by atoms with Crippen molar-refractivity contribution in [2.24, 2.45) is 21.5 Å². The summed E-state index contributed by atoms with van der Waals surface area (Å²) in [5.41, 5.74) is 12.9. The lowest BCUT2D eigenvalue weighted by Crippen LogP contribution is -2.68. The molecule has 22 heterocycles. The maximum Gasteiger partial charge on any atom is 0.226 e. The molecule has 25 N–H and O–H groups in total. The smallest absolute Gasteiger partial charge is 0.226 e. The van der Waals surface area contributed by atoms with Crippen LogP contribution >= 0.6 is 35.3 Å². The Labute approximate surface area is 627 Å². The summed E-state index contributed by atoms with van der Waals surface area (Å²) in [6.45, 7) is -2.21. The maximum atomic E-state index is 12.7. The van der Waals surface area contributed by atoms with Gasteiger partial charge in [0.2, 0.25) is 5.91 Å². The van der Waals surface area contributed by atoms with Crippen molar-refractivity contribution >= 4 is 52.9 Å². The van der Waals surface area contributed by atoms with Gasteiger partial charge in [0, 0.05) is 73.1 Å². The Hall–Kier alpha value is -2.65. The van der Waals surface area contributed by atoms with Crippen LogP contribution in [0.25, 0.3) is 0 Å². The van der Waals surface area contributed by atoms with Crippen LogP contribution in [0, 0.1) is 0 Å². The lowest BCUT2D eigenvalue weighted by Gasteiger charge is -2.50. The lowest BCUT2D eigenvalue weighted by atomic mass is 9.95. The number of amidine groups is 2. The third kappa shape index (κ3) is 22.5. The van der Waals surface area contributed by atoms with Gasteiger partial charge < -0.3 is 185 Å². The first-order valence-electron chi connectivity index (χ1n) is 35.6. The summed E-state index contributed by atoms with van der Waals surface area (Å²) in [5.74, 6) is 2.61. The molecule has 0 aliphatic carbocycles. The van der Waals surface area contributed by atoms with E-state index in [4.69, 9.17) is 77.8 Å². The topological polar surface area (TPSA) is 648 Å². The highest BCUT2D eigenvalue weighted by Gasteiger charge is 2.60. The molecule has 21 fully saturated rings. The van der Waals surface area contributed by atoms with Gasteiger partial charge in [0.15, 0.2) is 44.0 Å². The molecule has 0 aromatic carbocycles. The Morgan fingerprint density at radius 3 is 0.972 bits per heavy atom. The second kappa shape index (κ2) is 42.6. The van der Waals surface area contributed by atoms with E-state index in [-0.39, 0.29) is 48.4 Å². The number of carbonyl (C=O) groups excluding carboxylic acids is 1. The van der Waals surface area contributed by atoms with E-state index in [1.54, 1.807) is 11.8 Å². The van der Waals surface area contributed by atoms with Crippen LogP contribution in [0.3, 0.4) is 0 Å². The highest BCUT2D eigenvalue weighted by Crippen LogP contribution is 2.40. The first-order valence-corrected chi connectivity index (χ1v) is 39.1. The molecule has 1 amide bonds. The summed E-state index contributed by atoms with van der Waals surface area (Å²) in [6, 6.07) is 0. The zero-order chi connectivity index (χ0) is 77.3. The molecular formula is C63H107N7O34S3. The number of hydrogen-bond acceptors (Lipinski definition) is 40. The third-order valence-corrected chi connectivity index (χ3v) is 22.4. The van der Waals surface area contributed by atoms with Crippen LogP contribution in [0.2, 0.25) is 0 Å². The first kappa shape index (κ1) is 88.3. The van der Waals surface area contributed by atoms with Crippen LogP contribution < -0.4 is 16.8 Å². The van der Waals surface area contributed by atoms with Crippen molar-refractivity contribution in [1.29, 1.82) is 0 Å². The van der Waals surface area contributed by atoms with E-state index in [0.29, 0.717) is 36.8 Å². The van der Waals surface area contributed by atoms with Crippen LogP contribution in [0.15, 0.2) is 22.5 Å². The number of unbranched alkanes of at least 4 members (excludes halogenated alkanes) is 3. The fourth-order valence-corrected chi connectivity index (χ4v) is 15.8. The minimum Gasteiger partial charge on any atom is -0.394 e. The molecule has 0 saturated carbocycles. The van der Waals surface area contributed by atoms with Crippen molar-refractivity contribution < 1.29 is 168 Å². The molecule has 14 bridgehead atoms. The van der Waals surface area contributed by atoms with Gasteiger partial charge in [-0.3, -0.25) is 14.8 Å². The normalized spacial score (nSPS) is 43.5. The number of aromatic nitrogens is 2. The molecular weight excluding hydrogens is 1490 g/mol. The van der Waals surface area contributed by atoms with Crippen molar-refractivity contribution in [2.75, 3.05) is 87.2 Å². The third-order valence-electron chi connectivity index (χ3n) is 19.4. The first-order chi connectivity index (χ1) is 51.4. The van der Waals surface area contributed by atoms with E-state index in [9.17, 15) is 102 Å². The van der Waals surface area contributed by atoms with Gasteiger partial charge in [0.25, 0.3) is 0 Å². The number of thioether (sulfide) groups is 3. The number of amides is 1. The Morgan fingerprint density at radius 1 is 0.411 bits per heavy atom. The number of ether oxygens (including phenoxy) is 14. The number of imidazole rings is 1. The average Bonchev–Trinajstić information content (AvgIpc) is 1.31. The summed E-state index contributed by atoms with van der Waals surface area (Å²) < 4.78 is 83.8. The maximum absolute atomic E-state index is 12.7. The summed E-state index contributed by atoms with van der Waals surface area (Å²) in [7, 11) is 0. The molecule has 21 saturated heterocycles. The molecule has 1 aromatic heterocycles. The van der Waals surface area contributed by atoms with Crippen molar-refractivity contribution in [3.63, 3.8) is 0 Å². The number of hydrogen-bond donors (Lipinski definition) is 23. The molecule has 41 nitrogen and oxygen atoms in total. The summed E-state index contributed by atoms with van der Waals surface area (Å²) in [4.78, 5) is 28.3. The summed E-state index contributed by atoms with van der Waals surface area (Å²) >= 11 is 4.06. The molecule has 616 valence electrons. The summed E-state index contributed by atoms with van der Waals surface area (Å²) in [5, 5.41) is 221. The zero-order valence-electron chi connectivity index (χ0n) is 58.6. The van der Waals surface area contributed by atoms with Gasteiger partial charge in [-0.2, -0.15) is 35.3 Å². The number of H-pyrrole nitrogens is 1. The second-order valence-electron chi connectivity index (χ2n) is 26.9. The van der Waals surface area contributed by atoms with E-state index >= 15 is 0 Å². The van der Waals surface area contributed by atoms with Gasteiger partial charge in [0.1, 0.15) is 159 Å². The molecule has 44 heteroatoms. The fraction of sp³-hybridized carbons (Fsp3) is 0.905. The number of aliphatic hydroxyl groups is 19. The van der Waals surface area contributed by atoms with Crippen molar-refractivity contribution in [1.82, 2.24) is 15.3 Å². The van der Waals surface area contributed by atoms with Crippen molar-refractivity contribution in [3.8, 4) is 0 Å². The van der Waals surface area contributed by atoms with Gasteiger partial charge in [-0.05, 0) is 18.6 Å². The fourth-order valence-electron chi connectivity index (χ4n) is 13.4. The van der Waals surface area contributed by atoms with Crippen molar-refractivity contribution in [2.45, 2.75) is 267 Å². The largest absolute Gasteiger partial charge is 0.394 e. The molecule has 22 rings (SSSR count). The number of aromatic amines is 1. The standard InChI is InChI=1S/C63H107N7O34S3/c1-2-105-12-9-67-33(64)7-5-3-4-6-8-34(65)68-10-13-106-22-31-55-41(82)48(89)62(96-31)101-53-29(20-74)93-59(45(86)38(53)79)100-52-28(19-73)95-61(47(88)40(52)81)104-56-32(23-107-14-11-69-35(76)15-25-16-66-24-70-25)97-63(49(90)42(56)83)102-54-30(21-75)92-58(44(85)37(54)78)98-50-26(17-71)91-57(43(84)36(50)77)99-51-27(18-72)94-60(103-55)46(87)39(51)80/h16,24,26-32,36-63,71-75,77-90H,2-15,17-23H2,1H3,(H2,64,67)(H2,65,68)(H,66,70)(H,69,76)/t26?,27?,28?,29?,30?,31?,32?,36-,37-,38-,39-,40-,41-,42-,43?,44?,45?,46?,47?,48?,49?,50-,51-,52-,53-,54-,55-,56-,57-,58-,59+,60-,61+,62-,63+/m1/s1. The molecule has 35 atom stereocenters. The Bertz CT molecular complexity index is 2830. The Kier molecular flexibility index (Phi) is 35.2. The van der Waals surface area contributed by atoms with Crippen molar-refractivity contribution in [3.05, 3.63) is 18.2 Å². The molecule has 0 spiro atoms. The lowest BCUT2D eigenvalue weighted by molar-refractivity contribution is -0.395. The van der Waals surface area contributed by atoms with Gasteiger partial charge in [-0.25, -0.2) is 4.98 Å². The molecule has 21 aliphatic heterocycles. The van der Waals surface area contributed by atoms with Crippen LogP contribution in [-0.4, -0.2) is 427 Å². The molecule has 107 heavy (non-hydrogen) atoms. The minimum atomic E-state index is -2.22. The quantitative estimate of drug-likeness (QED) is 0.0210. The predicted octanol–water partition coefficient (Wildman–Crippen LogP) is -10.9. The van der Waals surface area contributed by atoms with E-state index in [1.807, 2.05) is 0 Å². The number of nitrogens with one attached hydrogen (secondary N) is 2. The molecule has 21 aliphatic rings. The van der Waals surface area contributed by atoms with Gasteiger partial charge in [0.05, 0.1) is 69.7 Å². The number of nitrogens with zero attached hydrogens (tertiary/aromatic N) is 3. The molecule has 14 unspecified atom stereocenters. The zero-order valence-corrected chi connectivity index (χ0v) is 61.0. The minimum absolute atomic E-state index is 0.0345. The number of aliphatic hydroxyl groups excluding tert-OH is 19. The number of aliphatic imine (C=N–C) groups is 2. The highest BCUT2D eigenvalue weighted by atomic mass is 32.2. The Balaban J connectivity index is 0.956.